The summed E-state index contributed by atoms with van der Waals surface area (Å²) in [6.07, 6.45) is 1.90. The smallest absolute Gasteiger partial charge is 0.328 e. The van der Waals surface area contributed by atoms with Crippen molar-refractivity contribution in [3.63, 3.8) is 0 Å². The zero-order valence-electron chi connectivity index (χ0n) is 5.13. The number of rotatable bonds is 3. The highest BCUT2D eigenvalue weighted by atomic mass is 16.4. The van der Waals surface area contributed by atoms with Crippen molar-refractivity contribution in [2.75, 3.05) is 0 Å². The second-order valence-corrected chi connectivity index (χ2v) is 1.70. The monoisotopic (exact) mass is 128 g/mol. The fourth-order valence-electron chi connectivity index (χ4n) is 0.401. The Kier molecular flexibility index (Phi) is 3.35. The Bertz CT molecular complexity index is 146. The van der Waals surface area contributed by atoms with Gasteiger partial charge in [-0.2, -0.15) is 0 Å². The van der Waals surface area contributed by atoms with E-state index < -0.39 is 5.97 Å². The Balaban J connectivity index is 3.83. The van der Waals surface area contributed by atoms with Crippen molar-refractivity contribution in [2.24, 2.45) is 0 Å². The molecule has 3 heteroatoms. The Morgan fingerprint density at radius 3 is 2.56 bits per heavy atom. The highest BCUT2D eigenvalue weighted by molar-refractivity contribution is 5.81. The summed E-state index contributed by atoms with van der Waals surface area (Å²) in [5, 5.41) is 8.12. The molecule has 0 rings (SSSR count). The van der Waals surface area contributed by atoms with E-state index in [0.717, 1.165) is 6.08 Å². The first kappa shape index (κ1) is 7.88. The molecule has 0 atom stereocenters. The van der Waals surface area contributed by atoms with Crippen LogP contribution in [0.5, 0.6) is 0 Å². The van der Waals surface area contributed by atoms with Gasteiger partial charge in [0.15, 0.2) is 0 Å². The topological polar surface area (TPSA) is 54.4 Å². The number of carboxylic acid groups (broad SMARTS) is 1. The molecule has 1 N–H and O–H groups in total. The van der Waals surface area contributed by atoms with Crippen LogP contribution < -0.4 is 0 Å². The zero-order chi connectivity index (χ0) is 7.28. The van der Waals surface area contributed by atoms with Gasteiger partial charge in [0.2, 0.25) is 0 Å². The Labute approximate surface area is 53.0 Å². The van der Waals surface area contributed by atoms with Gasteiger partial charge in [-0.3, -0.25) is 0 Å². The molecule has 0 aliphatic rings. The molecule has 3 nitrogen and oxygen atoms in total. The second-order valence-electron chi connectivity index (χ2n) is 1.70. The van der Waals surface area contributed by atoms with Crippen molar-refractivity contribution in [3.8, 4) is 0 Å². The maximum Gasteiger partial charge on any atom is 0.328 e. The van der Waals surface area contributed by atoms with E-state index in [4.69, 9.17) is 5.11 Å². The molecule has 0 bridgehead atoms. The van der Waals surface area contributed by atoms with Gasteiger partial charge in [0.1, 0.15) is 6.29 Å². The largest absolute Gasteiger partial charge is 0.478 e. The van der Waals surface area contributed by atoms with Crippen LogP contribution in [0.25, 0.3) is 0 Å². The molecule has 0 aliphatic carbocycles. The average molecular weight is 128 g/mol. The highest BCUT2D eigenvalue weighted by Crippen LogP contribution is 1.94. The summed E-state index contributed by atoms with van der Waals surface area (Å²) in [5.74, 6) is -1.01. The summed E-state index contributed by atoms with van der Waals surface area (Å²) in [6.45, 7) is 1.60. The molecule has 0 radical (unpaired) electrons. The lowest BCUT2D eigenvalue weighted by atomic mass is 10.2. The first-order chi connectivity index (χ1) is 4.16. The molecule has 0 aromatic heterocycles. The molecule has 50 valence electrons. The summed E-state index contributed by atoms with van der Waals surface area (Å²) in [6, 6.07) is 0. The molecule has 0 fully saturated rings. The van der Waals surface area contributed by atoms with Crippen LogP contribution in [0.4, 0.5) is 0 Å². The predicted molar refractivity (Wildman–Crippen MR) is 32.1 cm³/mol. The third-order valence-corrected chi connectivity index (χ3v) is 0.775. The normalized spacial score (nSPS) is 11.0. The number of hydrogen-bond donors (Lipinski definition) is 1. The molecule has 0 saturated heterocycles. The van der Waals surface area contributed by atoms with Crippen LogP contribution in [0, 0.1) is 0 Å². The van der Waals surface area contributed by atoms with Gasteiger partial charge in [0.25, 0.3) is 0 Å². The second kappa shape index (κ2) is 3.83. The number of allylic oxidation sites excluding steroid dienone is 1. The molecular formula is C6H8O3. The maximum absolute atomic E-state index is 9.89. The van der Waals surface area contributed by atoms with Crippen molar-refractivity contribution in [1.82, 2.24) is 0 Å². The molecule has 0 aliphatic heterocycles. The maximum atomic E-state index is 9.89. The van der Waals surface area contributed by atoms with Gasteiger partial charge in [-0.15, -0.1) is 0 Å². The van der Waals surface area contributed by atoms with E-state index in [1.165, 1.54) is 0 Å². The van der Waals surface area contributed by atoms with Gasteiger partial charge >= 0.3 is 5.97 Å². The van der Waals surface area contributed by atoms with Crippen LogP contribution in [0.2, 0.25) is 0 Å². The number of carboxylic acids is 1. The van der Waals surface area contributed by atoms with Crippen molar-refractivity contribution < 1.29 is 14.7 Å². The third kappa shape index (κ3) is 4.74. The van der Waals surface area contributed by atoms with E-state index in [2.05, 4.69) is 0 Å². The van der Waals surface area contributed by atoms with Gasteiger partial charge in [0.05, 0.1) is 0 Å². The molecule has 0 spiro atoms. The Hall–Kier alpha value is -1.12. The van der Waals surface area contributed by atoms with E-state index in [9.17, 15) is 9.59 Å². The Morgan fingerprint density at radius 2 is 2.22 bits per heavy atom. The average Bonchev–Trinajstić information content (AvgIpc) is 1.63. The van der Waals surface area contributed by atoms with Gasteiger partial charge < -0.3 is 9.90 Å². The molecule has 0 aromatic rings. The van der Waals surface area contributed by atoms with Crippen molar-refractivity contribution in [1.29, 1.82) is 0 Å². The first-order valence-corrected chi connectivity index (χ1v) is 2.50. The van der Waals surface area contributed by atoms with Crippen molar-refractivity contribution in [2.45, 2.75) is 13.3 Å². The number of hydrogen-bond acceptors (Lipinski definition) is 2. The van der Waals surface area contributed by atoms with Gasteiger partial charge in [-0.25, -0.2) is 4.79 Å². The SMILES string of the molecule is C/C(=C\C(=O)O)CC=O. The van der Waals surface area contributed by atoms with E-state index in [1.807, 2.05) is 0 Å². The molecule has 0 saturated carbocycles. The van der Waals surface area contributed by atoms with Crippen LogP contribution in [-0.2, 0) is 9.59 Å². The summed E-state index contributed by atoms with van der Waals surface area (Å²) in [7, 11) is 0. The van der Waals surface area contributed by atoms with Gasteiger partial charge in [-0.05, 0) is 6.92 Å². The molecule has 0 unspecified atom stereocenters. The summed E-state index contributed by atoms with van der Waals surface area (Å²) in [4.78, 5) is 19.7. The van der Waals surface area contributed by atoms with Crippen molar-refractivity contribution in [3.05, 3.63) is 11.6 Å². The predicted octanol–water partition coefficient (Wildman–Crippen LogP) is 0.606. The van der Waals surface area contributed by atoms with E-state index in [0.29, 0.717) is 11.9 Å². The van der Waals surface area contributed by atoms with E-state index >= 15 is 0 Å². The third-order valence-electron chi connectivity index (χ3n) is 0.775. The molecule has 0 heterocycles. The lowest BCUT2D eigenvalue weighted by Crippen LogP contribution is -1.89. The number of carbonyl (C=O) groups is 2. The fourth-order valence-corrected chi connectivity index (χ4v) is 0.401. The fraction of sp³-hybridized carbons (Fsp3) is 0.333. The van der Waals surface area contributed by atoms with E-state index in [1.54, 1.807) is 6.92 Å². The number of carbonyl (C=O) groups excluding carboxylic acids is 1. The lowest BCUT2D eigenvalue weighted by molar-refractivity contribution is -0.131. The van der Waals surface area contributed by atoms with E-state index in [-0.39, 0.29) is 6.42 Å². The lowest BCUT2D eigenvalue weighted by Gasteiger charge is -1.87. The number of aliphatic carboxylic acids is 1. The van der Waals surface area contributed by atoms with Crippen LogP contribution in [0.3, 0.4) is 0 Å². The number of aldehydes is 1. The molecule has 9 heavy (non-hydrogen) atoms. The minimum Gasteiger partial charge on any atom is -0.478 e. The summed E-state index contributed by atoms with van der Waals surface area (Å²) in [5.41, 5.74) is 0.567. The molecular weight excluding hydrogens is 120 g/mol. The molecule has 0 amide bonds. The quantitative estimate of drug-likeness (QED) is 0.447. The first-order valence-electron chi connectivity index (χ1n) is 2.50. The van der Waals surface area contributed by atoms with Crippen LogP contribution in [0.15, 0.2) is 11.6 Å². The van der Waals surface area contributed by atoms with Crippen LogP contribution >= 0.6 is 0 Å². The molecule has 0 aromatic carbocycles. The van der Waals surface area contributed by atoms with Gasteiger partial charge in [0, 0.05) is 12.5 Å². The minimum absolute atomic E-state index is 0.201. The standard InChI is InChI=1S/C6H8O3/c1-5(2-3-7)4-6(8)9/h3-4H,2H2,1H3,(H,8,9)/b5-4+. The minimum atomic E-state index is -1.01. The Morgan fingerprint density at radius 1 is 1.67 bits per heavy atom. The summed E-state index contributed by atoms with van der Waals surface area (Å²) < 4.78 is 0. The van der Waals surface area contributed by atoms with Crippen molar-refractivity contribution >= 4 is 12.3 Å². The van der Waals surface area contributed by atoms with Crippen LogP contribution in [-0.4, -0.2) is 17.4 Å². The highest BCUT2D eigenvalue weighted by Gasteiger charge is 1.90. The van der Waals surface area contributed by atoms with Gasteiger partial charge in [-0.1, -0.05) is 5.57 Å². The summed E-state index contributed by atoms with van der Waals surface area (Å²) >= 11 is 0. The zero-order valence-corrected chi connectivity index (χ0v) is 5.13. The van der Waals surface area contributed by atoms with Crippen LogP contribution in [0.1, 0.15) is 13.3 Å².